The topological polar surface area (TPSA) is 107 Å². The van der Waals surface area contributed by atoms with Gasteiger partial charge in [0.25, 0.3) is 5.91 Å². The summed E-state index contributed by atoms with van der Waals surface area (Å²) in [6.45, 7) is 9.02. The molecule has 0 saturated carbocycles. The van der Waals surface area contributed by atoms with Gasteiger partial charge in [0.1, 0.15) is 11.5 Å². The van der Waals surface area contributed by atoms with E-state index in [0.29, 0.717) is 46.9 Å². The molecule has 1 atom stereocenters. The second-order valence-corrected chi connectivity index (χ2v) is 9.22. The molecule has 9 nitrogen and oxygen atoms in total. The molecule has 0 bridgehead atoms. The van der Waals surface area contributed by atoms with Crippen LogP contribution in [-0.2, 0) is 11.3 Å². The number of nitrogens with one attached hydrogen (secondary N) is 2. The average Bonchev–Trinajstić information content (AvgIpc) is 3.29. The second kappa shape index (κ2) is 13.0. The van der Waals surface area contributed by atoms with Crippen molar-refractivity contribution in [2.75, 3.05) is 24.8 Å². The lowest BCUT2D eigenvalue weighted by Gasteiger charge is -2.22. The predicted molar refractivity (Wildman–Crippen MR) is 141 cm³/mol. The van der Waals surface area contributed by atoms with Gasteiger partial charge in [0.2, 0.25) is 5.91 Å². The van der Waals surface area contributed by atoms with Gasteiger partial charge >= 0.3 is 0 Å². The van der Waals surface area contributed by atoms with Gasteiger partial charge in [-0.1, -0.05) is 37.7 Å². The van der Waals surface area contributed by atoms with Gasteiger partial charge in [-0.2, -0.15) is 0 Å². The molecule has 1 aromatic heterocycles. The lowest BCUT2D eigenvalue weighted by atomic mass is 10.0. The molecule has 1 heterocycles. The number of aromatic nitrogens is 3. The zero-order chi connectivity index (χ0) is 26.1. The van der Waals surface area contributed by atoms with Crippen LogP contribution in [0.15, 0.2) is 53.7 Å². The minimum atomic E-state index is -0.353. The maximum Gasteiger partial charge on any atom is 0.251 e. The van der Waals surface area contributed by atoms with E-state index < -0.39 is 0 Å². The quantitative estimate of drug-likeness (QED) is 0.343. The standard InChI is InChI=1S/C26H33N5O4S/c1-6-31-24(23(17(3)4)28-25(33)18-12-14-19(34-5)15-13-18)29-30-26(31)36-16-22(32)27-20-10-8-9-11-21(20)35-7-2/h8-15,17,23H,6-7,16H2,1-5H3,(H,27,32)(H,28,33)/t23-/m1/s1. The van der Waals surface area contributed by atoms with Crippen LogP contribution in [0.2, 0.25) is 0 Å². The average molecular weight is 512 g/mol. The van der Waals surface area contributed by atoms with E-state index in [4.69, 9.17) is 9.47 Å². The van der Waals surface area contributed by atoms with Crippen molar-refractivity contribution >= 4 is 29.3 Å². The van der Waals surface area contributed by atoms with Gasteiger partial charge in [-0.25, -0.2) is 0 Å². The summed E-state index contributed by atoms with van der Waals surface area (Å²) >= 11 is 1.30. The Balaban J connectivity index is 1.70. The van der Waals surface area contributed by atoms with Gasteiger partial charge in [0.05, 0.1) is 31.2 Å². The molecule has 0 saturated heterocycles. The summed E-state index contributed by atoms with van der Waals surface area (Å²) in [5, 5.41) is 15.3. The van der Waals surface area contributed by atoms with E-state index in [1.807, 2.05) is 50.5 Å². The van der Waals surface area contributed by atoms with E-state index in [0.717, 1.165) is 0 Å². The number of rotatable bonds is 12. The third kappa shape index (κ3) is 6.78. The Bertz CT molecular complexity index is 1160. The van der Waals surface area contributed by atoms with Crippen molar-refractivity contribution in [2.24, 2.45) is 5.92 Å². The SMILES string of the molecule is CCOc1ccccc1NC(=O)CSc1nnc([C@H](NC(=O)c2ccc(OC)cc2)C(C)C)n1CC. The zero-order valence-electron chi connectivity index (χ0n) is 21.3. The molecule has 36 heavy (non-hydrogen) atoms. The second-order valence-electron chi connectivity index (χ2n) is 8.27. The molecule has 0 unspecified atom stereocenters. The van der Waals surface area contributed by atoms with Crippen LogP contribution in [0.5, 0.6) is 11.5 Å². The lowest BCUT2D eigenvalue weighted by molar-refractivity contribution is -0.113. The summed E-state index contributed by atoms with van der Waals surface area (Å²) in [7, 11) is 1.58. The molecule has 10 heteroatoms. The highest BCUT2D eigenvalue weighted by atomic mass is 32.2. The van der Waals surface area contributed by atoms with Gasteiger partial charge in [0.15, 0.2) is 11.0 Å². The molecule has 2 amide bonds. The van der Waals surface area contributed by atoms with Crippen LogP contribution in [0.1, 0.15) is 49.9 Å². The van der Waals surface area contributed by atoms with Crippen molar-refractivity contribution in [2.45, 2.75) is 45.4 Å². The summed E-state index contributed by atoms with van der Waals surface area (Å²) < 4.78 is 12.7. The van der Waals surface area contributed by atoms with Crippen molar-refractivity contribution in [3.8, 4) is 11.5 Å². The van der Waals surface area contributed by atoms with Gasteiger partial charge in [-0.15, -0.1) is 10.2 Å². The summed E-state index contributed by atoms with van der Waals surface area (Å²) in [6, 6.07) is 13.9. The minimum Gasteiger partial charge on any atom is -0.497 e. The molecular formula is C26H33N5O4S. The summed E-state index contributed by atoms with van der Waals surface area (Å²) in [6.07, 6.45) is 0. The van der Waals surface area contributed by atoms with Crippen LogP contribution >= 0.6 is 11.8 Å². The Morgan fingerprint density at radius 2 is 1.78 bits per heavy atom. The fourth-order valence-electron chi connectivity index (χ4n) is 3.60. The first-order valence-electron chi connectivity index (χ1n) is 11.9. The highest BCUT2D eigenvalue weighted by molar-refractivity contribution is 7.99. The Labute approximate surface area is 216 Å². The van der Waals surface area contributed by atoms with Gasteiger partial charge in [-0.3, -0.25) is 9.59 Å². The molecule has 2 aromatic carbocycles. The van der Waals surface area contributed by atoms with Crippen molar-refractivity contribution < 1.29 is 19.1 Å². The number of ether oxygens (including phenoxy) is 2. The minimum absolute atomic E-state index is 0.0675. The number of hydrogen-bond acceptors (Lipinski definition) is 7. The van der Waals surface area contributed by atoms with E-state index in [2.05, 4.69) is 20.8 Å². The number of para-hydroxylation sites is 2. The molecule has 0 aliphatic carbocycles. The third-order valence-electron chi connectivity index (χ3n) is 5.44. The summed E-state index contributed by atoms with van der Waals surface area (Å²) in [5.74, 6) is 1.81. The fourth-order valence-corrected chi connectivity index (χ4v) is 4.41. The van der Waals surface area contributed by atoms with Crippen LogP contribution in [0.4, 0.5) is 5.69 Å². The molecule has 3 aromatic rings. The van der Waals surface area contributed by atoms with Crippen LogP contribution in [0, 0.1) is 5.92 Å². The number of thioether (sulfide) groups is 1. The van der Waals surface area contributed by atoms with Gasteiger partial charge in [0, 0.05) is 12.1 Å². The monoisotopic (exact) mass is 511 g/mol. The third-order valence-corrected chi connectivity index (χ3v) is 6.41. The number of hydrogen-bond donors (Lipinski definition) is 2. The Morgan fingerprint density at radius 1 is 1.06 bits per heavy atom. The van der Waals surface area contributed by atoms with E-state index >= 15 is 0 Å². The molecular weight excluding hydrogens is 478 g/mol. The van der Waals surface area contributed by atoms with E-state index in [-0.39, 0.29) is 29.5 Å². The zero-order valence-corrected chi connectivity index (χ0v) is 22.1. The normalized spacial score (nSPS) is 11.7. The summed E-state index contributed by atoms with van der Waals surface area (Å²) in [4.78, 5) is 25.6. The lowest BCUT2D eigenvalue weighted by Crippen LogP contribution is -2.33. The van der Waals surface area contributed by atoms with Crippen LogP contribution in [-0.4, -0.2) is 46.0 Å². The molecule has 192 valence electrons. The first-order valence-corrected chi connectivity index (χ1v) is 12.9. The number of carbonyl (C=O) groups excluding carboxylic acids is 2. The molecule has 0 fully saturated rings. The van der Waals surface area contributed by atoms with Crippen molar-refractivity contribution in [1.82, 2.24) is 20.1 Å². The van der Waals surface area contributed by atoms with Crippen LogP contribution in [0.25, 0.3) is 0 Å². The largest absolute Gasteiger partial charge is 0.497 e. The highest BCUT2D eigenvalue weighted by Crippen LogP contribution is 2.27. The van der Waals surface area contributed by atoms with E-state index in [1.54, 1.807) is 37.4 Å². The number of carbonyl (C=O) groups is 2. The molecule has 3 rings (SSSR count). The Kier molecular flexibility index (Phi) is 9.75. The first kappa shape index (κ1) is 27.1. The predicted octanol–water partition coefficient (Wildman–Crippen LogP) is 4.56. The summed E-state index contributed by atoms with van der Waals surface area (Å²) in [5.41, 5.74) is 1.16. The molecule has 0 radical (unpaired) electrons. The Morgan fingerprint density at radius 3 is 2.42 bits per heavy atom. The number of benzene rings is 2. The van der Waals surface area contributed by atoms with Gasteiger partial charge < -0.3 is 24.7 Å². The van der Waals surface area contributed by atoms with Crippen molar-refractivity contribution in [3.05, 3.63) is 59.9 Å². The molecule has 0 aliphatic heterocycles. The molecule has 2 N–H and O–H groups in total. The molecule has 0 aliphatic rings. The fraction of sp³-hybridized carbons (Fsp3) is 0.385. The Hall–Kier alpha value is -3.53. The number of amides is 2. The molecule has 0 spiro atoms. The van der Waals surface area contributed by atoms with E-state index in [9.17, 15) is 9.59 Å². The number of methoxy groups -OCH3 is 1. The van der Waals surface area contributed by atoms with E-state index in [1.165, 1.54) is 11.8 Å². The maximum absolute atomic E-state index is 12.9. The van der Waals surface area contributed by atoms with Crippen molar-refractivity contribution in [3.63, 3.8) is 0 Å². The van der Waals surface area contributed by atoms with Gasteiger partial charge in [-0.05, 0) is 56.2 Å². The highest BCUT2D eigenvalue weighted by Gasteiger charge is 2.26. The van der Waals surface area contributed by atoms with Crippen LogP contribution < -0.4 is 20.1 Å². The van der Waals surface area contributed by atoms with Crippen molar-refractivity contribution in [1.29, 1.82) is 0 Å². The van der Waals surface area contributed by atoms with Crippen LogP contribution in [0.3, 0.4) is 0 Å². The maximum atomic E-state index is 12.9. The first-order chi connectivity index (χ1) is 17.4. The number of anilines is 1. The number of nitrogens with zero attached hydrogens (tertiary/aromatic N) is 3. The smallest absolute Gasteiger partial charge is 0.251 e.